The fraction of sp³-hybridized carbons (Fsp3) is 0.308. The number of aromatic nitrogens is 1. The third-order valence-electron chi connectivity index (χ3n) is 5.68. The predicted octanol–water partition coefficient (Wildman–Crippen LogP) is 5.42. The van der Waals surface area contributed by atoms with Crippen LogP contribution in [0.1, 0.15) is 54.7 Å². The van der Waals surface area contributed by atoms with E-state index in [0.717, 1.165) is 36.0 Å². The number of benzene rings is 2. The van der Waals surface area contributed by atoms with E-state index in [9.17, 15) is 13.2 Å². The molecule has 0 saturated carbocycles. The zero-order chi connectivity index (χ0) is 24.4. The van der Waals surface area contributed by atoms with Crippen LogP contribution < -0.4 is 4.72 Å². The van der Waals surface area contributed by atoms with Crippen molar-refractivity contribution in [2.24, 2.45) is 0 Å². The number of halogens is 1. The number of aliphatic carboxylic acids is 1. The number of hydrogen-bond acceptors (Lipinski definition) is 4. The van der Waals surface area contributed by atoms with E-state index in [1.807, 2.05) is 24.4 Å². The number of sulfonamides is 1. The van der Waals surface area contributed by atoms with Gasteiger partial charge in [0.2, 0.25) is 10.0 Å². The van der Waals surface area contributed by atoms with Gasteiger partial charge in [0.1, 0.15) is 0 Å². The summed E-state index contributed by atoms with van der Waals surface area (Å²) < 4.78 is 27.5. The van der Waals surface area contributed by atoms with E-state index in [2.05, 4.69) is 27.9 Å². The van der Waals surface area contributed by atoms with Gasteiger partial charge in [0.05, 0.1) is 4.90 Å². The topological polar surface area (TPSA) is 96.4 Å². The van der Waals surface area contributed by atoms with Crippen molar-refractivity contribution in [2.75, 3.05) is 6.54 Å². The molecule has 0 radical (unpaired) electrons. The first-order valence-electron chi connectivity index (χ1n) is 11.3. The summed E-state index contributed by atoms with van der Waals surface area (Å²) in [6.07, 6.45) is 7.79. The molecule has 0 amide bonds. The van der Waals surface area contributed by atoms with Gasteiger partial charge in [-0.05, 0) is 66.3 Å². The lowest BCUT2D eigenvalue weighted by molar-refractivity contribution is -0.137. The van der Waals surface area contributed by atoms with E-state index in [-0.39, 0.29) is 17.2 Å². The molecule has 0 spiro atoms. The van der Waals surface area contributed by atoms with Gasteiger partial charge in [-0.1, -0.05) is 54.8 Å². The molecule has 8 heteroatoms. The van der Waals surface area contributed by atoms with E-state index >= 15 is 0 Å². The van der Waals surface area contributed by atoms with Crippen molar-refractivity contribution >= 4 is 27.6 Å². The maximum Gasteiger partial charge on any atom is 0.303 e. The first kappa shape index (κ1) is 25.9. The fourth-order valence-electron chi connectivity index (χ4n) is 3.85. The molecule has 0 fully saturated rings. The molecule has 3 rings (SSSR count). The van der Waals surface area contributed by atoms with Crippen molar-refractivity contribution < 1.29 is 18.3 Å². The second kappa shape index (κ2) is 12.6. The van der Waals surface area contributed by atoms with Crippen LogP contribution in [0.5, 0.6) is 0 Å². The summed E-state index contributed by atoms with van der Waals surface area (Å²) in [6.45, 7) is 0.292. The van der Waals surface area contributed by atoms with Crippen LogP contribution in [0.2, 0.25) is 5.02 Å². The van der Waals surface area contributed by atoms with Crippen LogP contribution in [-0.2, 0) is 21.2 Å². The highest BCUT2D eigenvalue weighted by Crippen LogP contribution is 2.30. The van der Waals surface area contributed by atoms with Crippen molar-refractivity contribution in [3.05, 3.63) is 94.8 Å². The minimum atomic E-state index is -3.58. The quantitative estimate of drug-likeness (QED) is 0.305. The second-order valence-corrected chi connectivity index (χ2v) is 10.4. The smallest absolute Gasteiger partial charge is 0.303 e. The van der Waals surface area contributed by atoms with Gasteiger partial charge < -0.3 is 5.11 Å². The van der Waals surface area contributed by atoms with Crippen molar-refractivity contribution in [3.8, 4) is 0 Å². The van der Waals surface area contributed by atoms with E-state index in [0.29, 0.717) is 24.4 Å². The highest BCUT2D eigenvalue weighted by Gasteiger charge is 2.15. The van der Waals surface area contributed by atoms with Crippen molar-refractivity contribution in [3.63, 3.8) is 0 Å². The van der Waals surface area contributed by atoms with Gasteiger partial charge in [-0.25, -0.2) is 13.1 Å². The minimum absolute atomic E-state index is 0.177. The lowest BCUT2D eigenvalue weighted by Gasteiger charge is -2.18. The number of nitrogens with one attached hydrogen (secondary N) is 1. The van der Waals surface area contributed by atoms with Crippen LogP contribution >= 0.6 is 11.6 Å². The van der Waals surface area contributed by atoms with Gasteiger partial charge in [0.15, 0.2) is 0 Å². The average Bonchev–Trinajstić information content (AvgIpc) is 2.82. The maximum atomic E-state index is 12.4. The molecule has 0 aliphatic carbocycles. The number of carboxylic acid groups (broad SMARTS) is 1. The SMILES string of the molecule is O=C(O)CCCCCC(c1ccc(CCNS(=O)(=O)c2ccc(Cl)cc2)cc1)c1cccnc1. The summed E-state index contributed by atoms with van der Waals surface area (Å²) in [4.78, 5) is 15.2. The van der Waals surface area contributed by atoms with Gasteiger partial charge in [-0.15, -0.1) is 0 Å². The number of carboxylic acids is 1. The van der Waals surface area contributed by atoms with E-state index in [1.165, 1.54) is 12.1 Å². The van der Waals surface area contributed by atoms with Gasteiger partial charge in [0, 0.05) is 36.3 Å². The average molecular weight is 501 g/mol. The Morgan fingerprint density at radius 3 is 2.35 bits per heavy atom. The van der Waals surface area contributed by atoms with Crippen LogP contribution in [0.15, 0.2) is 78.0 Å². The summed E-state index contributed by atoms with van der Waals surface area (Å²) in [5, 5.41) is 9.32. The van der Waals surface area contributed by atoms with Crippen LogP contribution in [-0.4, -0.2) is 31.0 Å². The zero-order valence-corrected chi connectivity index (χ0v) is 20.4. The second-order valence-electron chi connectivity index (χ2n) is 8.18. The van der Waals surface area contributed by atoms with E-state index in [1.54, 1.807) is 18.3 Å². The molecule has 0 aliphatic rings. The standard InChI is InChI=1S/C26H29ClN2O4S/c27-23-12-14-24(15-13-23)34(32,33)29-18-16-20-8-10-21(11-9-20)25(22-5-4-17-28-19-22)6-2-1-3-7-26(30)31/h4-5,8-15,17,19,25,29H,1-3,6-7,16,18H2,(H,30,31). The molecule has 0 aliphatic heterocycles. The third-order valence-corrected chi connectivity index (χ3v) is 7.41. The molecule has 1 aromatic heterocycles. The Bertz CT molecular complexity index is 1150. The number of rotatable bonds is 13. The van der Waals surface area contributed by atoms with Crippen molar-refractivity contribution in [1.82, 2.24) is 9.71 Å². The van der Waals surface area contributed by atoms with E-state index in [4.69, 9.17) is 16.7 Å². The molecule has 3 aromatic rings. The Morgan fingerprint density at radius 1 is 0.971 bits per heavy atom. The van der Waals surface area contributed by atoms with Crippen molar-refractivity contribution in [1.29, 1.82) is 0 Å². The van der Waals surface area contributed by atoms with Gasteiger partial charge >= 0.3 is 5.97 Å². The first-order chi connectivity index (χ1) is 16.3. The molecule has 1 unspecified atom stereocenters. The molecule has 1 atom stereocenters. The third kappa shape index (κ3) is 7.94. The summed E-state index contributed by atoms with van der Waals surface area (Å²) >= 11 is 5.83. The highest BCUT2D eigenvalue weighted by atomic mass is 35.5. The molecule has 180 valence electrons. The monoisotopic (exact) mass is 500 g/mol. The fourth-order valence-corrected chi connectivity index (χ4v) is 5.01. The normalized spacial score (nSPS) is 12.4. The van der Waals surface area contributed by atoms with Gasteiger partial charge in [0.25, 0.3) is 0 Å². The molecule has 2 N–H and O–H groups in total. The van der Waals surface area contributed by atoms with E-state index < -0.39 is 16.0 Å². The van der Waals surface area contributed by atoms with Crippen LogP contribution in [0.25, 0.3) is 0 Å². The Labute approximate surface area is 206 Å². The number of hydrogen-bond donors (Lipinski definition) is 2. The van der Waals surface area contributed by atoms with Crippen molar-refractivity contribution in [2.45, 2.75) is 49.3 Å². The van der Waals surface area contributed by atoms with Crippen LogP contribution in [0.4, 0.5) is 0 Å². The summed E-state index contributed by atoms with van der Waals surface area (Å²) in [5.74, 6) is -0.578. The lowest BCUT2D eigenvalue weighted by atomic mass is 9.87. The van der Waals surface area contributed by atoms with Gasteiger partial charge in [-0.2, -0.15) is 0 Å². The number of pyridine rings is 1. The lowest BCUT2D eigenvalue weighted by Crippen LogP contribution is -2.25. The maximum absolute atomic E-state index is 12.4. The molecule has 34 heavy (non-hydrogen) atoms. The van der Waals surface area contributed by atoms with Gasteiger partial charge in [-0.3, -0.25) is 9.78 Å². The van der Waals surface area contributed by atoms with Crippen LogP contribution in [0.3, 0.4) is 0 Å². The number of nitrogens with zero attached hydrogens (tertiary/aromatic N) is 1. The molecule has 0 saturated heterocycles. The Hall–Kier alpha value is -2.74. The Kier molecular flexibility index (Phi) is 9.62. The zero-order valence-electron chi connectivity index (χ0n) is 18.9. The van der Waals surface area contributed by atoms with Crippen LogP contribution in [0, 0.1) is 0 Å². The summed E-state index contributed by atoms with van der Waals surface area (Å²) in [5.41, 5.74) is 3.33. The molecular formula is C26H29ClN2O4S. The molecule has 6 nitrogen and oxygen atoms in total. The molecule has 1 heterocycles. The first-order valence-corrected chi connectivity index (χ1v) is 13.2. The summed E-state index contributed by atoms with van der Waals surface area (Å²) in [7, 11) is -3.58. The Balaban J connectivity index is 1.59. The largest absolute Gasteiger partial charge is 0.481 e. The number of unbranched alkanes of at least 4 members (excludes halogenated alkanes) is 2. The molecule has 0 bridgehead atoms. The summed E-state index contributed by atoms with van der Waals surface area (Å²) in [6, 6.07) is 18.3. The highest BCUT2D eigenvalue weighted by molar-refractivity contribution is 7.89. The Morgan fingerprint density at radius 2 is 1.71 bits per heavy atom. The molecular weight excluding hydrogens is 472 g/mol. The molecule has 2 aromatic carbocycles. The predicted molar refractivity (Wildman–Crippen MR) is 134 cm³/mol. The number of carbonyl (C=O) groups is 1. The minimum Gasteiger partial charge on any atom is -0.481 e.